The molecule has 1 aliphatic rings. The number of nitrogens with zero attached hydrogens (tertiary/aromatic N) is 2. The van der Waals surface area contributed by atoms with Crippen molar-refractivity contribution in [3.63, 3.8) is 0 Å². The van der Waals surface area contributed by atoms with Crippen LogP contribution in [0.5, 0.6) is 11.5 Å². The SMILES string of the molecule is COC(=O)[C@H](CC(C)C)NC(=O)N1CCc2[nH]cnc2[C@@H]1c1cc(OC)ccc1OC. The molecular formula is C22H30N4O5. The molecule has 2 heterocycles. The Morgan fingerprint density at radius 2 is 2.03 bits per heavy atom. The van der Waals surface area contributed by atoms with Gasteiger partial charge in [0.25, 0.3) is 0 Å². The number of ether oxygens (including phenoxy) is 3. The van der Waals surface area contributed by atoms with Crippen LogP contribution >= 0.6 is 0 Å². The molecule has 2 amide bonds. The molecule has 0 radical (unpaired) electrons. The van der Waals surface area contributed by atoms with Crippen LogP contribution in [0, 0.1) is 5.92 Å². The number of H-pyrrole nitrogens is 1. The predicted octanol–water partition coefficient (Wildman–Crippen LogP) is 2.67. The summed E-state index contributed by atoms with van der Waals surface area (Å²) in [5, 5.41) is 2.86. The minimum Gasteiger partial charge on any atom is -0.497 e. The Labute approximate surface area is 182 Å². The summed E-state index contributed by atoms with van der Waals surface area (Å²) in [7, 11) is 4.49. The first-order chi connectivity index (χ1) is 14.9. The Bertz CT molecular complexity index is 926. The zero-order valence-corrected chi connectivity index (χ0v) is 18.6. The van der Waals surface area contributed by atoms with Crippen LogP contribution in [0.15, 0.2) is 24.5 Å². The largest absolute Gasteiger partial charge is 0.497 e. The molecule has 31 heavy (non-hydrogen) atoms. The molecule has 9 nitrogen and oxygen atoms in total. The number of carbonyl (C=O) groups is 2. The fraction of sp³-hybridized carbons (Fsp3) is 0.500. The van der Waals surface area contributed by atoms with E-state index in [2.05, 4.69) is 15.3 Å². The monoisotopic (exact) mass is 430 g/mol. The third kappa shape index (κ3) is 4.76. The Hall–Kier alpha value is -3.23. The van der Waals surface area contributed by atoms with Gasteiger partial charge in [0.05, 0.1) is 33.4 Å². The number of aromatic nitrogens is 2. The van der Waals surface area contributed by atoms with Crippen molar-refractivity contribution in [2.75, 3.05) is 27.9 Å². The lowest BCUT2D eigenvalue weighted by Crippen LogP contribution is -2.51. The van der Waals surface area contributed by atoms with Crippen LogP contribution in [0.4, 0.5) is 4.79 Å². The van der Waals surface area contributed by atoms with Crippen LogP contribution in [0.3, 0.4) is 0 Å². The number of methoxy groups -OCH3 is 3. The van der Waals surface area contributed by atoms with E-state index in [1.165, 1.54) is 7.11 Å². The third-order valence-corrected chi connectivity index (χ3v) is 5.41. The number of hydrogen-bond donors (Lipinski definition) is 2. The van der Waals surface area contributed by atoms with E-state index in [1.54, 1.807) is 37.6 Å². The Morgan fingerprint density at radius 3 is 2.68 bits per heavy atom. The topological polar surface area (TPSA) is 106 Å². The summed E-state index contributed by atoms with van der Waals surface area (Å²) in [5.41, 5.74) is 2.46. The lowest BCUT2D eigenvalue weighted by atomic mass is 9.94. The van der Waals surface area contributed by atoms with E-state index in [-0.39, 0.29) is 11.9 Å². The minimum absolute atomic E-state index is 0.206. The number of esters is 1. The van der Waals surface area contributed by atoms with E-state index in [1.807, 2.05) is 19.9 Å². The summed E-state index contributed by atoms with van der Waals surface area (Å²) < 4.78 is 15.9. The van der Waals surface area contributed by atoms with Gasteiger partial charge in [-0.25, -0.2) is 14.6 Å². The van der Waals surface area contributed by atoms with Crippen molar-refractivity contribution < 1.29 is 23.8 Å². The first-order valence-electron chi connectivity index (χ1n) is 10.3. The molecule has 0 fully saturated rings. The fourth-order valence-corrected chi connectivity index (χ4v) is 3.92. The van der Waals surface area contributed by atoms with Crippen molar-refractivity contribution in [2.24, 2.45) is 5.92 Å². The second kappa shape index (κ2) is 9.72. The molecule has 2 atom stereocenters. The smallest absolute Gasteiger partial charge is 0.328 e. The lowest BCUT2D eigenvalue weighted by Gasteiger charge is -2.36. The third-order valence-electron chi connectivity index (χ3n) is 5.41. The second-order valence-electron chi connectivity index (χ2n) is 7.87. The standard InChI is InChI=1S/C22H30N4O5/c1-13(2)10-17(21(27)31-5)25-22(28)26-9-8-16-19(24-12-23-16)20(26)15-11-14(29-3)6-7-18(15)30-4/h6-7,11-13,17,20H,8-10H2,1-5H3,(H,23,24)(H,25,28)/t17-,20-/m0/s1. The van der Waals surface area contributed by atoms with E-state index in [0.717, 1.165) is 17.0 Å². The maximum Gasteiger partial charge on any atom is 0.328 e. The molecular weight excluding hydrogens is 400 g/mol. The van der Waals surface area contributed by atoms with Gasteiger partial charge in [-0.3, -0.25) is 0 Å². The van der Waals surface area contributed by atoms with E-state index in [4.69, 9.17) is 14.2 Å². The summed E-state index contributed by atoms with van der Waals surface area (Å²) in [6.45, 7) is 4.42. The van der Waals surface area contributed by atoms with Crippen molar-refractivity contribution in [1.29, 1.82) is 0 Å². The van der Waals surface area contributed by atoms with Crippen molar-refractivity contribution >= 4 is 12.0 Å². The number of hydrogen-bond acceptors (Lipinski definition) is 6. The van der Waals surface area contributed by atoms with Gasteiger partial charge in [-0.15, -0.1) is 0 Å². The fourth-order valence-electron chi connectivity index (χ4n) is 3.92. The molecule has 0 saturated heterocycles. The number of imidazole rings is 1. The number of amides is 2. The highest BCUT2D eigenvalue weighted by molar-refractivity contribution is 5.84. The maximum absolute atomic E-state index is 13.4. The van der Waals surface area contributed by atoms with Crippen molar-refractivity contribution in [3.05, 3.63) is 41.5 Å². The van der Waals surface area contributed by atoms with Gasteiger partial charge in [0, 0.05) is 24.2 Å². The van der Waals surface area contributed by atoms with Gasteiger partial charge in [0.1, 0.15) is 23.6 Å². The van der Waals surface area contributed by atoms with Crippen molar-refractivity contribution in [3.8, 4) is 11.5 Å². The molecule has 2 N–H and O–H groups in total. The molecule has 0 aliphatic carbocycles. The predicted molar refractivity (Wildman–Crippen MR) is 114 cm³/mol. The highest BCUT2D eigenvalue weighted by Gasteiger charge is 2.37. The van der Waals surface area contributed by atoms with E-state index in [0.29, 0.717) is 30.9 Å². The zero-order valence-electron chi connectivity index (χ0n) is 18.6. The van der Waals surface area contributed by atoms with Crippen LogP contribution in [0.2, 0.25) is 0 Å². The molecule has 0 spiro atoms. The van der Waals surface area contributed by atoms with Gasteiger partial charge in [-0.1, -0.05) is 13.8 Å². The van der Waals surface area contributed by atoms with E-state index < -0.39 is 18.1 Å². The zero-order chi connectivity index (χ0) is 22.5. The molecule has 1 aromatic carbocycles. The van der Waals surface area contributed by atoms with Crippen LogP contribution in [0.25, 0.3) is 0 Å². The second-order valence-corrected chi connectivity index (χ2v) is 7.87. The number of fused-ring (bicyclic) bond motifs is 1. The highest BCUT2D eigenvalue weighted by atomic mass is 16.5. The number of nitrogens with one attached hydrogen (secondary N) is 2. The summed E-state index contributed by atoms with van der Waals surface area (Å²) in [6.07, 6.45) is 2.73. The minimum atomic E-state index is -0.731. The van der Waals surface area contributed by atoms with Gasteiger partial charge >= 0.3 is 12.0 Å². The van der Waals surface area contributed by atoms with Gasteiger partial charge in [-0.05, 0) is 30.5 Å². The average Bonchev–Trinajstić information content (AvgIpc) is 3.25. The number of urea groups is 1. The first kappa shape index (κ1) is 22.5. The normalized spacial score (nSPS) is 16.5. The summed E-state index contributed by atoms with van der Waals surface area (Å²) in [4.78, 5) is 35.0. The molecule has 2 aromatic rings. The lowest BCUT2D eigenvalue weighted by molar-refractivity contribution is -0.143. The summed E-state index contributed by atoms with van der Waals surface area (Å²) in [5.74, 6) is 1.00. The maximum atomic E-state index is 13.4. The van der Waals surface area contributed by atoms with Gasteiger partial charge in [0.2, 0.25) is 0 Å². The Balaban J connectivity index is 1.99. The van der Waals surface area contributed by atoms with Crippen molar-refractivity contribution in [1.82, 2.24) is 20.2 Å². The van der Waals surface area contributed by atoms with Crippen LogP contribution in [-0.4, -0.2) is 60.8 Å². The van der Waals surface area contributed by atoms with Gasteiger partial charge < -0.3 is 29.4 Å². The number of carbonyl (C=O) groups excluding carboxylic acids is 2. The van der Waals surface area contributed by atoms with Gasteiger partial charge in [0.15, 0.2) is 0 Å². The molecule has 9 heteroatoms. The molecule has 1 aliphatic heterocycles. The van der Waals surface area contributed by atoms with Crippen LogP contribution in [0.1, 0.15) is 43.3 Å². The highest BCUT2D eigenvalue weighted by Crippen LogP contribution is 2.39. The van der Waals surface area contributed by atoms with Crippen LogP contribution in [-0.2, 0) is 16.0 Å². The van der Waals surface area contributed by atoms with E-state index >= 15 is 0 Å². The quantitative estimate of drug-likeness (QED) is 0.654. The summed E-state index contributed by atoms with van der Waals surface area (Å²) in [6, 6.07) is 3.86. The Morgan fingerprint density at radius 1 is 1.26 bits per heavy atom. The number of benzene rings is 1. The molecule has 0 bridgehead atoms. The number of aromatic amines is 1. The summed E-state index contributed by atoms with van der Waals surface area (Å²) >= 11 is 0. The molecule has 3 rings (SSSR count). The molecule has 1 aromatic heterocycles. The molecule has 0 saturated carbocycles. The first-order valence-corrected chi connectivity index (χ1v) is 10.3. The number of rotatable bonds is 7. The average molecular weight is 431 g/mol. The van der Waals surface area contributed by atoms with Crippen LogP contribution < -0.4 is 14.8 Å². The molecule has 168 valence electrons. The molecule has 0 unspecified atom stereocenters. The van der Waals surface area contributed by atoms with Crippen molar-refractivity contribution in [2.45, 2.75) is 38.8 Å². The van der Waals surface area contributed by atoms with Gasteiger partial charge in [-0.2, -0.15) is 0 Å². The van der Waals surface area contributed by atoms with E-state index in [9.17, 15) is 9.59 Å². The Kier molecular flexibility index (Phi) is 7.04.